The van der Waals surface area contributed by atoms with E-state index >= 15 is 0 Å². The van der Waals surface area contributed by atoms with E-state index in [0.717, 1.165) is 0 Å². The average molecular weight is 267 g/mol. The van der Waals surface area contributed by atoms with Crippen molar-refractivity contribution in [2.45, 2.75) is 19.9 Å². The molecule has 0 bridgehead atoms. The first-order valence-electron chi connectivity index (χ1n) is 5.47. The van der Waals surface area contributed by atoms with Crippen LogP contribution in [0, 0.1) is 0 Å². The zero-order valence-electron chi connectivity index (χ0n) is 10.0. The van der Waals surface area contributed by atoms with Gasteiger partial charge in [0.1, 0.15) is 6.04 Å². The summed E-state index contributed by atoms with van der Waals surface area (Å²) in [5.41, 5.74) is 3.18. The minimum atomic E-state index is -0.552. The second-order valence-electron chi connectivity index (χ2n) is 3.70. The Bertz CT molecular complexity index is 496. The molecule has 2 rings (SSSR count). The molecule has 18 heavy (non-hydrogen) atoms. The lowest BCUT2D eigenvalue weighted by Gasteiger charge is -2.26. The summed E-state index contributed by atoms with van der Waals surface area (Å²) in [4.78, 5) is 27.5. The molecule has 1 aromatic rings. The van der Waals surface area contributed by atoms with Crippen molar-refractivity contribution in [1.82, 2.24) is 15.6 Å². The molecule has 1 aliphatic heterocycles. The van der Waals surface area contributed by atoms with Crippen LogP contribution in [0.4, 0.5) is 4.79 Å². The number of nitrogens with zero attached hydrogens (tertiary/aromatic N) is 1. The van der Waals surface area contributed by atoms with Gasteiger partial charge in [-0.25, -0.2) is 14.6 Å². The number of esters is 1. The number of carbonyl (C=O) groups is 2. The number of thiazole rings is 1. The van der Waals surface area contributed by atoms with E-state index < -0.39 is 12.0 Å². The highest BCUT2D eigenvalue weighted by Crippen LogP contribution is 2.27. The molecule has 2 heterocycles. The highest BCUT2D eigenvalue weighted by Gasteiger charge is 2.33. The third kappa shape index (κ3) is 2.35. The van der Waals surface area contributed by atoms with Gasteiger partial charge in [0.05, 0.1) is 23.4 Å². The normalized spacial score (nSPS) is 19.2. The van der Waals surface area contributed by atoms with Gasteiger partial charge in [0, 0.05) is 11.1 Å². The Hall–Kier alpha value is -1.89. The van der Waals surface area contributed by atoms with Gasteiger partial charge in [-0.15, -0.1) is 11.3 Å². The molecule has 0 saturated heterocycles. The molecule has 0 fully saturated rings. The second-order valence-corrected chi connectivity index (χ2v) is 4.42. The summed E-state index contributed by atoms with van der Waals surface area (Å²) >= 11 is 1.41. The molecule has 0 spiro atoms. The number of rotatable bonds is 3. The van der Waals surface area contributed by atoms with Crippen molar-refractivity contribution >= 4 is 23.3 Å². The molecular weight excluding hydrogens is 254 g/mol. The molecule has 96 valence electrons. The van der Waals surface area contributed by atoms with E-state index in [4.69, 9.17) is 4.74 Å². The van der Waals surface area contributed by atoms with Gasteiger partial charge in [0.25, 0.3) is 0 Å². The van der Waals surface area contributed by atoms with Gasteiger partial charge in [-0.05, 0) is 13.8 Å². The fourth-order valence-corrected chi connectivity index (χ4v) is 2.34. The maximum Gasteiger partial charge on any atom is 0.338 e. The number of hydrogen-bond donors (Lipinski definition) is 2. The standard InChI is InChI=1S/C11H13N3O3S/c1-3-17-10(15)8-6(2)13-11(16)14-9(8)7-4-18-5-12-7/h4-5,9H,3H2,1-2H3,(H2,13,14,16). The lowest BCUT2D eigenvalue weighted by molar-refractivity contribution is -0.139. The number of amides is 2. The van der Waals surface area contributed by atoms with E-state index in [-0.39, 0.29) is 12.6 Å². The predicted molar refractivity (Wildman–Crippen MR) is 65.9 cm³/mol. The van der Waals surface area contributed by atoms with Crippen LogP contribution < -0.4 is 10.6 Å². The van der Waals surface area contributed by atoms with Gasteiger partial charge in [0.15, 0.2) is 0 Å². The first kappa shape index (κ1) is 12.6. The Morgan fingerprint density at radius 3 is 3.00 bits per heavy atom. The van der Waals surface area contributed by atoms with Crippen molar-refractivity contribution in [2.75, 3.05) is 6.61 Å². The zero-order chi connectivity index (χ0) is 13.1. The molecule has 0 radical (unpaired) electrons. The molecule has 1 aromatic heterocycles. The Balaban J connectivity index is 2.38. The van der Waals surface area contributed by atoms with Crippen molar-refractivity contribution in [1.29, 1.82) is 0 Å². The number of urea groups is 1. The third-order valence-corrected chi connectivity index (χ3v) is 3.12. The molecule has 2 amide bonds. The molecular formula is C11H13N3O3S. The Morgan fingerprint density at radius 2 is 2.39 bits per heavy atom. The van der Waals surface area contributed by atoms with E-state index in [9.17, 15) is 9.59 Å². The number of ether oxygens (including phenoxy) is 1. The van der Waals surface area contributed by atoms with Gasteiger partial charge in [-0.1, -0.05) is 0 Å². The largest absolute Gasteiger partial charge is 0.463 e. The van der Waals surface area contributed by atoms with Crippen LogP contribution in [0.2, 0.25) is 0 Å². The van der Waals surface area contributed by atoms with Crippen LogP contribution in [-0.2, 0) is 9.53 Å². The van der Waals surface area contributed by atoms with Crippen LogP contribution in [0.3, 0.4) is 0 Å². The van der Waals surface area contributed by atoms with E-state index in [1.807, 2.05) is 0 Å². The number of allylic oxidation sites excluding steroid dienone is 1. The number of nitrogens with one attached hydrogen (secondary N) is 2. The first-order chi connectivity index (χ1) is 8.63. The molecule has 7 heteroatoms. The predicted octanol–water partition coefficient (Wildman–Crippen LogP) is 1.33. The average Bonchev–Trinajstić information content (AvgIpc) is 2.81. The SMILES string of the molecule is CCOC(=O)C1=C(C)NC(=O)NC1c1cscn1. The number of hydrogen-bond acceptors (Lipinski definition) is 5. The molecule has 1 aliphatic rings. The van der Waals surface area contributed by atoms with Crippen LogP contribution in [0.25, 0.3) is 0 Å². The highest BCUT2D eigenvalue weighted by atomic mass is 32.1. The molecule has 0 aliphatic carbocycles. The smallest absolute Gasteiger partial charge is 0.338 e. The Labute approximate surface area is 108 Å². The second kappa shape index (κ2) is 5.18. The lowest BCUT2D eigenvalue weighted by Crippen LogP contribution is -2.45. The van der Waals surface area contributed by atoms with Crippen molar-refractivity contribution in [2.24, 2.45) is 0 Å². The fourth-order valence-electron chi connectivity index (χ4n) is 1.76. The summed E-state index contributed by atoms with van der Waals surface area (Å²) in [6.45, 7) is 3.69. The number of carbonyl (C=O) groups excluding carboxylic acids is 2. The minimum absolute atomic E-state index is 0.285. The molecule has 2 N–H and O–H groups in total. The summed E-state index contributed by atoms with van der Waals surface area (Å²) in [7, 11) is 0. The van der Waals surface area contributed by atoms with Gasteiger partial charge >= 0.3 is 12.0 Å². The van der Waals surface area contributed by atoms with Crippen molar-refractivity contribution < 1.29 is 14.3 Å². The zero-order valence-corrected chi connectivity index (χ0v) is 10.8. The minimum Gasteiger partial charge on any atom is -0.463 e. The van der Waals surface area contributed by atoms with Gasteiger partial charge in [-0.2, -0.15) is 0 Å². The molecule has 6 nitrogen and oxygen atoms in total. The van der Waals surface area contributed by atoms with Crippen molar-refractivity contribution in [3.63, 3.8) is 0 Å². The van der Waals surface area contributed by atoms with Crippen LogP contribution in [-0.4, -0.2) is 23.6 Å². The first-order valence-corrected chi connectivity index (χ1v) is 6.41. The van der Waals surface area contributed by atoms with Crippen LogP contribution >= 0.6 is 11.3 Å². The summed E-state index contributed by atoms with van der Waals surface area (Å²) in [6, 6.07) is -0.900. The maximum atomic E-state index is 11.9. The topological polar surface area (TPSA) is 80.3 Å². The quantitative estimate of drug-likeness (QED) is 0.810. The van der Waals surface area contributed by atoms with E-state index in [1.165, 1.54) is 11.3 Å². The Kier molecular flexibility index (Phi) is 3.61. The Morgan fingerprint density at radius 1 is 1.61 bits per heavy atom. The molecule has 0 aromatic carbocycles. The molecule has 1 atom stereocenters. The molecule has 0 saturated carbocycles. The van der Waals surface area contributed by atoms with Crippen LogP contribution in [0.5, 0.6) is 0 Å². The number of aromatic nitrogens is 1. The monoisotopic (exact) mass is 267 g/mol. The van der Waals surface area contributed by atoms with E-state index in [1.54, 1.807) is 24.7 Å². The van der Waals surface area contributed by atoms with E-state index in [0.29, 0.717) is 17.0 Å². The van der Waals surface area contributed by atoms with Crippen molar-refractivity contribution in [3.8, 4) is 0 Å². The van der Waals surface area contributed by atoms with Crippen LogP contribution in [0.15, 0.2) is 22.2 Å². The lowest BCUT2D eigenvalue weighted by atomic mass is 10.0. The maximum absolute atomic E-state index is 11.9. The summed E-state index contributed by atoms with van der Waals surface area (Å²) in [5, 5.41) is 7.03. The van der Waals surface area contributed by atoms with Gasteiger partial charge in [0.2, 0.25) is 0 Å². The van der Waals surface area contributed by atoms with E-state index in [2.05, 4.69) is 15.6 Å². The fraction of sp³-hybridized carbons (Fsp3) is 0.364. The van der Waals surface area contributed by atoms with Crippen LogP contribution in [0.1, 0.15) is 25.6 Å². The van der Waals surface area contributed by atoms with Gasteiger partial charge < -0.3 is 15.4 Å². The highest BCUT2D eigenvalue weighted by molar-refractivity contribution is 7.07. The summed E-state index contributed by atoms with van der Waals surface area (Å²) in [6.07, 6.45) is 0. The summed E-state index contributed by atoms with van der Waals surface area (Å²) < 4.78 is 5.00. The van der Waals surface area contributed by atoms with Crippen molar-refractivity contribution in [3.05, 3.63) is 27.9 Å². The van der Waals surface area contributed by atoms with Gasteiger partial charge in [-0.3, -0.25) is 0 Å². The third-order valence-electron chi connectivity index (χ3n) is 2.51. The molecule has 1 unspecified atom stereocenters. The summed E-state index contributed by atoms with van der Waals surface area (Å²) in [5.74, 6) is -0.444.